The van der Waals surface area contributed by atoms with Crippen molar-refractivity contribution in [2.45, 2.75) is 12.8 Å². The second-order valence-corrected chi connectivity index (χ2v) is 6.30. The van der Waals surface area contributed by atoms with Crippen LogP contribution >= 0.6 is 11.6 Å². The first-order valence-electron chi connectivity index (χ1n) is 7.74. The van der Waals surface area contributed by atoms with Gasteiger partial charge in [-0.3, -0.25) is 14.7 Å². The zero-order valence-electron chi connectivity index (χ0n) is 13.3. The molecule has 0 bridgehead atoms. The van der Waals surface area contributed by atoms with Gasteiger partial charge >= 0.3 is 5.97 Å². The summed E-state index contributed by atoms with van der Waals surface area (Å²) < 4.78 is 4.69. The molecule has 1 saturated heterocycles. The van der Waals surface area contributed by atoms with Gasteiger partial charge in [-0.1, -0.05) is 23.7 Å². The molecule has 2 heterocycles. The third-order valence-electron chi connectivity index (χ3n) is 4.20. The van der Waals surface area contributed by atoms with E-state index in [1.807, 2.05) is 12.1 Å². The highest BCUT2D eigenvalue weighted by Gasteiger charge is 2.29. The SMILES string of the molecule is COC(=O)C[C@H]1CCN(C(=O)c2cc(-c3ccc(Cl)cc3)n[nH]2)C1. The lowest BCUT2D eigenvalue weighted by Gasteiger charge is -2.15. The van der Waals surface area contributed by atoms with Gasteiger partial charge in [0.2, 0.25) is 0 Å². The summed E-state index contributed by atoms with van der Waals surface area (Å²) in [5, 5.41) is 7.65. The van der Waals surface area contributed by atoms with E-state index in [9.17, 15) is 9.59 Å². The van der Waals surface area contributed by atoms with Gasteiger partial charge in [-0.05, 0) is 30.5 Å². The molecule has 0 saturated carbocycles. The van der Waals surface area contributed by atoms with Gasteiger partial charge < -0.3 is 9.64 Å². The first-order chi connectivity index (χ1) is 11.6. The van der Waals surface area contributed by atoms with Crippen LogP contribution in [0.3, 0.4) is 0 Å². The maximum Gasteiger partial charge on any atom is 0.305 e. The molecule has 0 radical (unpaired) electrons. The Bertz CT molecular complexity index is 742. The van der Waals surface area contributed by atoms with Crippen LogP contribution in [0.4, 0.5) is 0 Å². The van der Waals surface area contributed by atoms with Crippen LogP contribution in [-0.2, 0) is 9.53 Å². The van der Waals surface area contributed by atoms with E-state index in [2.05, 4.69) is 14.9 Å². The first-order valence-corrected chi connectivity index (χ1v) is 8.12. The largest absolute Gasteiger partial charge is 0.469 e. The number of halogens is 1. The fraction of sp³-hybridized carbons (Fsp3) is 0.353. The van der Waals surface area contributed by atoms with Crippen molar-refractivity contribution >= 4 is 23.5 Å². The number of benzene rings is 1. The number of hydrogen-bond donors (Lipinski definition) is 1. The number of carbonyl (C=O) groups is 2. The van der Waals surface area contributed by atoms with Crippen molar-refractivity contribution < 1.29 is 14.3 Å². The third kappa shape index (κ3) is 3.59. The lowest BCUT2D eigenvalue weighted by atomic mass is 10.1. The van der Waals surface area contributed by atoms with Crippen molar-refractivity contribution in [2.24, 2.45) is 5.92 Å². The topological polar surface area (TPSA) is 75.3 Å². The van der Waals surface area contributed by atoms with E-state index >= 15 is 0 Å². The maximum absolute atomic E-state index is 12.6. The van der Waals surface area contributed by atoms with E-state index in [4.69, 9.17) is 11.6 Å². The molecule has 2 aromatic rings. The molecule has 1 atom stereocenters. The molecule has 1 aliphatic heterocycles. The van der Waals surface area contributed by atoms with E-state index in [1.165, 1.54) is 7.11 Å². The Balaban J connectivity index is 1.66. The van der Waals surface area contributed by atoms with Crippen molar-refractivity contribution in [1.29, 1.82) is 0 Å². The maximum atomic E-state index is 12.6. The van der Waals surface area contributed by atoms with Crippen molar-refractivity contribution in [3.05, 3.63) is 41.0 Å². The van der Waals surface area contributed by atoms with Gasteiger partial charge in [-0.2, -0.15) is 5.10 Å². The molecule has 1 aliphatic rings. The molecule has 1 fully saturated rings. The number of hydrogen-bond acceptors (Lipinski definition) is 4. The van der Waals surface area contributed by atoms with Crippen LogP contribution in [0, 0.1) is 5.92 Å². The Morgan fingerprint density at radius 3 is 2.83 bits per heavy atom. The number of methoxy groups -OCH3 is 1. The smallest absolute Gasteiger partial charge is 0.305 e. The summed E-state index contributed by atoms with van der Waals surface area (Å²) in [6.45, 7) is 1.19. The van der Waals surface area contributed by atoms with Gasteiger partial charge in [0, 0.05) is 23.7 Å². The molecule has 1 aromatic carbocycles. The zero-order chi connectivity index (χ0) is 17.1. The first kappa shape index (κ1) is 16.5. The minimum Gasteiger partial charge on any atom is -0.469 e. The number of nitrogens with one attached hydrogen (secondary N) is 1. The molecule has 7 heteroatoms. The van der Waals surface area contributed by atoms with Gasteiger partial charge in [-0.25, -0.2) is 0 Å². The quantitative estimate of drug-likeness (QED) is 0.863. The van der Waals surface area contributed by atoms with Gasteiger partial charge in [0.25, 0.3) is 5.91 Å². The number of aromatic nitrogens is 2. The van der Waals surface area contributed by atoms with Gasteiger partial charge in [0.1, 0.15) is 5.69 Å². The highest BCUT2D eigenvalue weighted by atomic mass is 35.5. The van der Waals surface area contributed by atoms with E-state index in [0.29, 0.717) is 35.9 Å². The van der Waals surface area contributed by atoms with Gasteiger partial charge in [-0.15, -0.1) is 0 Å². The number of amides is 1. The van der Waals surface area contributed by atoms with Crippen LogP contribution in [0.25, 0.3) is 11.3 Å². The minimum atomic E-state index is -0.235. The van der Waals surface area contributed by atoms with Crippen LogP contribution in [0.2, 0.25) is 5.02 Å². The fourth-order valence-corrected chi connectivity index (χ4v) is 3.00. The highest BCUT2D eigenvalue weighted by molar-refractivity contribution is 6.30. The number of esters is 1. The van der Waals surface area contributed by atoms with Crippen molar-refractivity contribution in [3.8, 4) is 11.3 Å². The van der Waals surface area contributed by atoms with Crippen LogP contribution < -0.4 is 0 Å². The Kier molecular flexibility index (Phi) is 4.85. The summed E-state index contributed by atoms with van der Waals surface area (Å²) in [6.07, 6.45) is 1.15. The normalized spacial score (nSPS) is 17.1. The molecule has 1 amide bonds. The van der Waals surface area contributed by atoms with Crippen LogP contribution in [0.1, 0.15) is 23.3 Å². The summed E-state index contributed by atoms with van der Waals surface area (Å²) in [4.78, 5) is 25.7. The molecule has 24 heavy (non-hydrogen) atoms. The number of H-pyrrole nitrogens is 1. The molecule has 3 rings (SSSR count). The van der Waals surface area contributed by atoms with Crippen molar-refractivity contribution in [2.75, 3.05) is 20.2 Å². The van der Waals surface area contributed by atoms with E-state index in [0.717, 1.165) is 12.0 Å². The lowest BCUT2D eigenvalue weighted by molar-refractivity contribution is -0.141. The predicted molar refractivity (Wildman–Crippen MR) is 89.7 cm³/mol. The van der Waals surface area contributed by atoms with Crippen LogP contribution in [-0.4, -0.2) is 47.2 Å². The number of aromatic amines is 1. The minimum absolute atomic E-state index is 0.102. The molecular formula is C17H18ClN3O3. The zero-order valence-corrected chi connectivity index (χ0v) is 14.0. The predicted octanol–water partition coefficient (Wildman–Crippen LogP) is 2.76. The molecule has 0 aliphatic carbocycles. The van der Waals surface area contributed by atoms with Gasteiger partial charge in [0.05, 0.1) is 19.2 Å². The Hall–Kier alpha value is -2.34. The van der Waals surface area contributed by atoms with Gasteiger partial charge in [0.15, 0.2) is 0 Å². The Morgan fingerprint density at radius 2 is 2.12 bits per heavy atom. The summed E-state index contributed by atoms with van der Waals surface area (Å²) in [6, 6.07) is 9.01. The number of carbonyl (C=O) groups excluding carboxylic acids is 2. The second kappa shape index (κ2) is 7.05. The van der Waals surface area contributed by atoms with E-state index in [-0.39, 0.29) is 17.8 Å². The number of ether oxygens (including phenoxy) is 1. The Morgan fingerprint density at radius 1 is 1.38 bits per heavy atom. The molecular weight excluding hydrogens is 330 g/mol. The lowest BCUT2D eigenvalue weighted by Crippen LogP contribution is -2.29. The molecule has 1 aromatic heterocycles. The number of rotatable bonds is 4. The number of nitrogens with zero attached hydrogens (tertiary/aromatic N) is 2. The third-order valence-corrected chi connectivity index (χ3v) is 4.46. The monoisotopic (exact) mass is 347 g/mol. The molecule has 126 valence electrons. The number of likely N-dealkylation sites (tertiary alicyclic amines) is 1. The van der Waals surface area contributed by atoms with E-state index in [1.54, 1.807) is 23.1 Å². The van der Waals surface area contributed by atoms with Crippen molar-refractivity contribution in [3.63, 3.8) is 0 Å². The standard InChI is InChI=1S/C17H18ClN3O3/c1-24-16(22)8-11-6-7-21(10-11)17(23)15-9-14(19-20-15)12-2-4-13(18)5-3-12/h2-5,9,11H,6-8,10H2,1H3,(H,19,20)/t11-/m1/s1. The Labute approximate surface area is 144 Å². The summed E-state index contributed by atoms with van der Waals surface area (Å²) >= 11 is 5.88. The summed E-state index contributed by atoms with van der Waals surface area (Å²) in [7, 11) is 1.38. The molecule has 0 unspecified atom stereocenters. The van der Waals surface area contributed by atoms with Crippen LogP contribution in [0.15, 0.2) is 30.3 Å². The average Bonchev–Trinajstić information content (AvgIpc) is 3.24. The van der Waals surface area contributed by atoms with Crippen LogP contribution in [0.5, 0.6) is 0 Å². The fourth-order valence-electron chi connectivity index (χ4n) is 2.87. The molecule has 6 nitrogen and oxygen atoms in total. The van der Waals surface area contributed by atoms with E-state index < -0.39 is 0 Å². The average molecular weight is 348 g/mol. The highest BCUT2D eigenvalue weighted by Crippen LogP contribution is 2.24. The second-order valence-electron chi connectivity index (χ2n) is 5.86. The van der Waals surface area contributed by atoms with Crippen molar-refractivity contribution in [1.82, 2.24) is 15.1 Å². The molecule has 1 N–H and O–H groups in total. The summed E-state index contributed by atoms with van der Waals surface area (Å²) in [5.74, 6) is -0.184. The summed E-state index contributed by atoms with van der Waals surface area (Å²) in [5.41, 5.74) is 2.03. The molecule has 0 spiro atoms.